The van der Waals surface area contributed by atoms with Crippen molar-refractivity contribution in [1.29, 1.82) is 0 Å². The third kappa shape index (κ3) is 3.96. The average Bonchev–Trinajstić information content (AvgIpc) is 2.53. The quantitative estimate of drug-likeness (QED) is 0.687. The van der Waals surface area contributed by atoms with Crippen molar-refractivity contribution in [2.45, 2.75) is 32.5 Å². The first-order valence-corrected chi connectivity index (χ1v) is 5.49. The molecule has 1 atom stereocenters. The molecule has 0 saturated carbocycles. The average molecular weight is 242 g/mol. The van der Waals surface area contributed by atoms with E-state index in [-0.39, 0.29) is 17.9 Å². The van der Waals surface area contributed by atoms with Crippen molar-refractivity contribution in [1.82, 2.24) is 0 Å². The maximum absolute atomic E-state index is 11.5. The number of ether oxygens (including phenoxy) is 2. The van der Waals surface area contributed by atoms with Crippen LogP contribution in [0, 0.1) is 0 Å². The van der Waals surface area contributed by atoms with Gasteiger partial charge in [0.1, 0.15) is 11.9 Å². The lowest BCUT2D eigenvalue weighted by Gasteiger charge is -2.12. The standard InChI is InChI=1S/C12H18O5/c1-4-16-10(7-13)9-5-8(17-11(9)14)6-12(2,3)15/h5-6,10,13,15H,4,7H2,1-3H3/b8-6+. The molecule has 0 aromatic rings. The van der Waals surface area contributed by atoms with Gasteiger partial charge in [0.2, 0.25) is 0 Å². The summed E-state index contributed by atoms with van der Waals surface area (Å²) >= 11 is 0. The molecular weight excluding hydrogens is 224 g/mol. The zero-order valence-corrected chi connectivity index (χ0v) is 10.3. The summed E-state index contributed by atoms with van der Waals surface area (Å²) in [4.78, 5) is 11.5. The number of aliphatic hydroxyl groups excluding tert-OH is 1. The molecule has 0 bridgehead atoms. The Balaban J connectivity index is 2.89. The van der Waals surface area contributed by atoms with E-state index in [2.05, 4.69) is 0 Å². The van der Waals surface area contributed by atoms with E-state index in [4.69, 9.17) is 14.6 Å². The molecule has 1 aliphatic heterocycles. The molecule has 0 aromatic carbocycles. The maximum atomic E-state index is 11.5. The van der Waals surface area contributed by atoms with E-state index in [0.717, 1.165) is 0 Å². The second-order valence-electron chi connectivity index (χ2n) is 4.32. The van der Waals surface area contributed by atoms with Gasteiger partial charge in [-0.15, -0.1) is 0 Å². The highest BCUT2D eigenvalue weighted by Crippen LogP contribution is 2.23. The third-order valence-corrected chi connectivity index (χ3v) is 2.12. The molecule has 2 N–H and O–H groups in total. The number of aliphatic hydroxyl groups is 2. The van der Waals surface area contributed by atoms with Gasteiger partial charge >= 0.3 is 5.97 Å². The Bertz CT molecular complexity index is 348. The third-order valence-electron chi connectivity index (χ3n) is 2.12. The number of allylic oxidation sites excluding steroid dienone is 1. The van der Waals surface area contributed by atoms with Crippen molar-refractivity contribution in [3.8, 4) is 0 Å². The number of rotatable bonds is 5. The van der Waals surface area contributed by atoms with Gasteiger partial charge in [-0.1, -0.05) is 0 Å². The van der Waals surface area contributed by atoms with Crippen molar-refractivity contribution in [3.63, 3.8) is 0 Å². The van der Waals surface area contributed by atoms with Gasteiger partial charge in [-0.05, 0) is 32.9 Å². The fraction of sp³-hybridized carbons (Fsp3) is 0.583. The normalized spacial score (nSPS) is 20.4. The van der Waals surface area contributed by atoms with Crippen LogP contribution in [0.15, 0.2) is 23.5 Å². The Hall–Kier alpha value is -1.17. The van der Waals surface area contributed by atoms with Gasteiger partial charge in [0, 0.05) is 6.61 Å². The lowest BCUT2D eigenvalue weighted by atomic mass is 10.1. The Labute approximate surface area is 100 Å². The van der Waals surface area contributed by atoms with Crippen LogP contribution in [0.4, 0.5) is 0 Å². The molecule has 1 rings (SSSR count). The van der Waals surface area contributed by atoms with Gasteiger partial charge < -0.3 is 19.7 Å². The van der Waals surface area contributed by atoms with Crippen LogP contribution in [0.5, 0.6) is 0 Å². The summed E-state index contributed by atoms with van der Waals surface area (Å²) in [5, 5.41) is 18.7. The first kappa shape index (κ1) is 13.9. The molecule has 0 fully saturated rings. The first-order chi connectivity index (χ1) is 7.87. The monoisotopic (exact) mass is 242 g/mol. The van der Waals surface area contributed by atoms with Gasteiger partial charge in [-0.3, -0.25) is 0 Å². The number of hydrogen-bond donors (Lipinski definition) is 2. The second-order valence-corrected chi connectivity index (χ2v) is 4.32. The van der Waals surface area contributed by atoms with Crippen LogP contribution in [0.2, 0.25) is 0 Å². The predicted octanol–water partition coefficient (Wildman–Crippen LogP) is 0.522. The van der Waals surface area contributed by atoms with Crippen LogP contribution in [0.25, 0.3) is 0 Å². The van der Waals surface area contributed by atoms with Crippen LogP contribution >= 0.6 is 0 Å². The van der Waals surface area contributed by atoms with Crippen molar-refractivity contribution in [2.24, 2.45) is 0 Å². The molecule has 0 spiro atoms. The zero-order chi connectivity index (χ0) is 13.1. The number of esters is 1. The summed E-state index contributed by atoms with van der Waals surface area (Å²) in [6.45, 7) is 5.03. The summed E-state index contributed by atoms with van der Waals surface area (Å²) in [7, 11) is 0. The molecule has 5 nitrogen and oxygen atoms in total. The van der Waals surface area contributed by atoms with Crippen LogP contribution in [-0.4, -0.2) is 41.1 Å². The van der Waals surface area contributed by atoms with E-state index in [1.165, 1.54) is 12.2 Å². The van der Waals surface area contributed by atoms with E-state index in [0.29, 0.717) is 6.61 Å². The molecule has 1 unspecified atom stereocenters. The molecule has 96 valence electrons. The fourth-order valence-corrected chi connectivity index (χ4v) is 1.49. The minimum Gasteiger partial charge on any atom is -0.423 e. The summed E-state index contributed by atoms with van der Waals surface area (Å²) in [5.41, 5.74) is -0.799. The molecule has 0 aromatic heterocycles. The molecule has 0 aliphatic carbocycles. The topological polar surface area (TPSA) is 76.0 Å². The van der Waals surface area contributed by atoms with Crippen LogP contribution in [0.3, 0.4) is 0 Å². The molecule has 1 heterocycles. The minimum absolute atomic E-state index is 0.268. The van der Waals surface area contributed by atoms with E-state index < -0.39 is 17.7 Å². The summed E-state index contributed by atoms with van der Waals surface area (Å²) < 4.78 is 10.2. The number of hydrogen-bond acceptors (Lipinski definition) is 5. The van der Waals surface area contributed by atoms with E-state index in [9.17, 15) is 9.90 Å². The highest BCUT2D eigenvalue weighted by molar-refractivity contribution is 5.93. The maximum Gasteiger partial charge on any atom is 0.342 e. The number of carbonyl (C=O) groups excluding carboxylic acids is 1. The molecule has 5 heteroatoms. The van der Waals surface area contributed by atoms with Crippen molar-refractivity contribution in [2.75, 3.05) is 13.2 Å². The highest BCUT2D eigenvalue weighted by Gasteiger charge is 2.29. The second kappa shape index (κ2) is 5.44. The lowest BCUT2D eigenvalue weighted by Crippen LogP contribution is -2.23. The van der Waals surface area contributed by atoms with E-state index in [1.54, 1.807) is 20.8 Å². The molecule has 1 aliphatic rings. The molecule has 0 amide bonds. The predicted molar refractivity (Wildman–Crippen MR) is 61.1 cm³/mol. The molecular formula is C12H18O5. The Morgan fingerprint density at radius 1 is 1.59 bits per heavy atom. The first-order valence-electron chi connectivity index (χ1n) is 5.49. The SMILES string of the molecule is CCOC(CO)C1=C/C(=C\C(C)(C)O)OC1=O. The highest BCUT2D eigenvalue weighted by atomic mass is 16.5. The van der Waals surface area contributed by atoms with Crippen molar-refractivity contribution >= 4 is 5.97 Å². The van der Waals surface area contributed by atoms with Gasteiger partial charge in [-0.25, -0.2) is 4.79 Å². The Morgan fingerprint density at radius 2 is 2.24 bits per heavy atom. The minimum atomic E-state index is -1.07. The summed E-state index contributed by atoms with van der Waals surface area (Å²) in [5.74, 6) is -0.274. The number of cyclic esters (lactones) is 1. The fourth-order valence-electron chi connectivity index (χ4n) is 1.49. The summed E-state index contributed by atoms with van der Waals surface area (Å²) in [6.07, 6.45) is 2.23. The van der Waals surface area contributed by atoms with Crippen LogP contribution in [0.1, 0.15) is 20.8 Å². The Morgan fingerprint density at radius 3 is 2.71 bits per heavy atom. The van der Waals surface area contributed by atoms with Crippen molar-refractivity contribution < 1.29 is 24.5 Å². The smallest absolute Gasteiger partial charge is 0.342 e. The van der Waals surface area contributed by atoms with Gasteiger partial charge in [0.25, 0.3) is 0 Å². The Kier molecular flexibility index (Phi) is 4.45. The van der Waals surface area contributed by atoms with E-state index >= 15 is 0 Å². The molecule has 0 radical (unpaired) electrons. The summed E-state index contributed by atoms with van der Waals surface area (Å²) in [6, 6.07) is 0. The van der Waals surface area contributed by atoms with Gasteiger partial charge in [-0.2, -0.15) is 0 Å². The van der Waals surface area contributed by atoms with Crippen LogP contribution in [-0.2, 0) is 14.3 Å². The lowest BCUT2D eigenvalue weighted by molar-refractivity contribution is -0.135. The van der Waals surface area contributed by atoms with Gasteiger partial charge in [0.15, 0.2) is 0 Å². The van der Waals surface area contributed by atoms with Crippen molar-refractivity contribution in [3.05, 3.63) is 23.5 Å². The molecule has 0 saturated heterocycles. The van der Waals surface area contributed by atoms with Gasteiger partial charge in [0.05, 0.1) is 17.8 Å². The zero-order valence-electron chi connectivity index (χ0n) is 10.3. The largest absolute Gasteiger partial charge is 0.423 e. The number of carbonyl (C=O) groups is 1. The van der Waals surface area contributed by atoms with E-state index in [1.807, 2.05) is 0 Å². The molecule has 17 heavy (non-hydrogen) atoms. The van der Waals surface area contributed by atoms with Crippen LogP contribution < -0.4 is 0 Å².